The molecule has 3 nitrogen and oxygen atoms in total. The second-order valence-corrected chi connectivity index (χ2v) is 4.27. The van der Waals surface area contributed by atoms with Crippen molar-refractivity contribution in [1.29, 1.82) is 0 Å². The van der Waals surface area contributed by atoms with Crippen LogP contribution in [0.25, 0.3) is 0 Å². The average molecular weight is 327 g/mol. The van der Waals surface area contributed by atoms with Crippen LogP contribution in [0.1, 0.15) is 18.6 Å². The minimum absolute atomic E-state index is 0.0675. The zero-order chi connectivity index (χ0) is 13.9. The third kappa shape index (κ3) is 3.02. The first-order valence-corrected chi connectivity index (χ1v) is 5.78. The molecule has 1 aromatic rings. The van der Waals surface area contributed by atoms with E-state index in [4.69, 9.17) is 0 Å². The van der Waals surface area contributed by atoms with E-state index in [1.807, 2.05) is 0 Å². The van der Waals surface area contributed by atoms with E-state index in [1.54, 1.807) is 0 Å². The van der Waals surface area contributed by atoms with E-state index in [9.17, 15) is 23.1 Å². The van der Waals surface area contributed by atoms with Crippen LogP contribution in [0.2, 0.25) is 0 Å². The van der Waals surface area contributed by atoms with Crippen molar-refractivity contribution >= 4 is 21.9 Å². The second-order valence-electron chi connectivity index (χ2n) is 3.42. The van der Waals surface area contributed by atoms with Crippen molar-refractivity contribution in [3.05, 3.63) is 34.1 Å². The van der Waals surface area contributed by atoms with Gasteiger partial charge >= 0.3 is 11.9 Å². The number of esters is 1. The van der Waals surface area contributed by atoms with Gasteiger partial charge in [0.2, 0.25) is 0 Å². The van der Waals surface area contributed by atoms with Crippen LogP contribution >= 0.6 is 15.9 Å². The summed E-state index contributed by atoms with van der Waals surface area (Å²) in [6.07, 6.45) is -2.46. The number of hydrogen-bond donors (Lipinski definition) is 1. The zero-order valence-corrected chi connectivity index (χ0v) is 10.9. The van der Waals surface area contributed by atoms with Gasteiger partial charge in [-0.3, -0.25) is 0 Å². The van der Waals surface area contributed by atoms with Gasteiger partial charge in [-0.25, -0.2) is 9.18 Å². The molecule has 100 valence electrons. The highest BCUT2D eigenvalue weighted by molar-refractivity contribution is 9.10. The van der Waals surface area contributed by atoms with Gasteiger partial charge in [0, 0.05) is 0 Å². The number of aliphatic hydroxyl groups is 1. The van der Waals surface area contributed by atoms with Crippen LogP contribution in [0.15, 0.2) is 22.7 Å². The number of halogens is 4. The lowest BCUT2D eigenvalue weighted by Gasteiger charge is -2.21. The van der Waals surface area contributed by atoms with E-state index >= 15 is 0 Å². The number of alkyl halides is 2. The van der Waals surface area contributed by atoms with Gasteiger partial charge in [0.1, 0.15) is 5.82 Å². The first-order chi connectivity index (χ1) is 8.30. The van der Waals surface area contributed by atoms with E-state index < -0.39 is 29.4 Å². The number of aliphatic hydroxyl groups excluding tert-OH is 1. The van der Waals surface area contributed by atoms with Crippen molar-refractivity contribution in [2.75, 3.05) is 6.61 Å². The minimum atomic E-state index is -4.13. The van der Waals surface area contributed by atoms with Gasteiger partial charge in [-0.15, -0.1) is 0 Å². The Balaban J connectivity index is 3.01. The van der Waals surface area contributed by atoms with Crippen LogP contribution in [0, 0.1) is 5.82 Å². The van der Waals surface area contributed by atoms with Gasteiger partial charge in [0.15, 0.2) is 6.10 Å². The highest BCUT2D eigenvalue weighted by Gasteiger charge is 2.49. The molecule has 0 bridgehead atoms. The number of carbonyl (C=O) groups is 1. The molecule has 0 aliphatic heterocycles. The Bertz CT molecular complexity index is 451. The Morgan fingerprint density at radius 1 is 1.56 bits per heavy atom. The number of carbonyl (C=O) groups excluding carboxylic acids is 1. The molecule has 1 unspecified atom stereocenters. The molecule has 7 heteroatoms. The molecular formula is C11H10BrF3O3. The van der Waals surface area contributed by atoms with Crippen LogP contribution in [-0.2, 0) is 9.53 Å². The zero-order valence-electron chi connectivity index (χ0n) is 9.29. The Kier molecular flexibility index (Phi) is 4.75. The Morgan fingerprint density at radius 3 is 2.67 bits per heavy atom. The van der Waals surface area contributed by atoms with Crippen LogP contribution in [-0.4, -0.2) is 23.6 Å². The Morgan fingerprint density at radius 2 is 2.17 bits per heavy atom. The molecule has 0 spiro atoms. The molecule has 0 fully saturated rings. The molecule has 18 heavy (non-hydrogen) atoms. The fraction of sp³-hybridized carbons (Fsp3) is 0.364. The normalized spacial score (nSPS) is 13.2. The first-order valence-electron chi connectivity index (χ1n) is 4.98. The lowest BCUT2D eigenvalue weighted by molar-refractivity contribution is -0.189. The molecule has 1 atom stereocenters. The summed E-state index contributed by atoms with van der Waals surface area (Å²) in [5.41, 5.74) is -0.409. The standard InChI is InChI=1S/C11H10BrF3O3/c1-2-18-10(17)11(14,15)9(16)6-3-4-7(12)8(13)5-6/h3-5,9,16H,2H2,1H3. The Hall–Kier alpha value is -1.08. The molecule has 1 aromatic carbocycles. The quantitative estimate of drug-likeness (QED) is 0.865. The molecule has 0 aliphatic carbocycles. The summed E-state index contributed by atoms with van der Waals surface area (Å²) in [5, 5.41) is 9.43. The summed E-state index contributed by atoms with van der Waals surface area (Å²) in [7, 11) is 0. The molecule has 1 N–H and O–H groups in total. The van der Waals surface area contributed by atoms with Crippen molar-refractivity contribution in [1.82, 2.24) is 0 Å². The predicted octanol–water partition coefficient (Wildman–Crippen LogP) is 2.82. The maximum atomic E-state index is 13.5. The Labute approximate surface area is 110 Å². The smallest absolute Gasteiger partial charge is 0.380 e. The lowest BCUT2D eigenvalue weighted by atomic mass is 10.0. The fourth-order valence-corrected chi connectivity index (χ4v) is 1.48. The third-order valence-corrected chi connectivity index (χ3v) is 2.79. The van der Waals surface area contributed by atoms with Crippen LogP contribution in [0.3, 0.4) is 0 Å². The van der Waals surface area contributed by atoms with E-state index in [2.05, 4.69) is 20.7 Å². The van der Waals surface area contributed by atoms with Crippen LogP contribution in [0.4, 0.5) is 13.2 Å². The van der Waals surface area contributed by atoms with Crippen molar-refractivity contribution in [3.8, 4) is 0 Å². The van der Waals surface area contributed by atoms with Crippen molar-refractivity contribution < 1.29 is 27.8 Å². The van der Waals surface area contributed by atoms with E-state index in [0.29, 0.717) is 0 Å². The molecule has 1 rings (SSSR count). The average Bonchev–Trinajstić information content (AvgIpc) is 2.32. The summed E-state index contributed by atoms with van der Waals surface area (Å²) < 4.78 is 44.3. The summed E-state index contributed by atoms with van der Waals surface area (Å²) in [5.74, 6) is -6.79. The van der Waals surface area contributed by atoms with Gasteiger partial charge in [0.05, 0.1) is 11.1 Å². The summed E-state index contributed by atoms with van der Waals surface area (Å²) in [6, 6.07) is 2.97. The van der Waals surface area contributed by atoms with Gasteiger partial charge < -0.3 is 9.84 Å². The molecule has 0 saturated heterocycles. The summed E-state index contributed by atoms with van der Waals surface area (Å²) in [4.78, 5) is 11.0. The van der Waals surface area contributed by atoms with Crippen molar-refractivity contribution in [2.45, 2.75) is 19.0 Å². The summed E-state index contributed by atoms with van der Waals surface area (Å²) >= 11 is 2.85. The monoisotopic (exact) mass is 326 g/mol. The maximum Gasteiger partial charge on any atom is 0.380 e. The largest absolute Gasteiger partial charge is 0.461 e. The van der Waals surface area contributed by atoms with E-state index in [0.717, 1.165) is 18.2 Å². The van der Waals surface area contributed by atoms with Crippen LogP contribution < -0.4 is 0 Å². The van der Waals surface area contributed by atoms with Gasteiger partial charge in [-0.2, -0.15) is 8.78 Å². The number of benzene rings is 1. The molecule has 0 amide bonds. The lowest BCUT2D eigenvalue weighted by Crippen LogP contribution is -2.37. The highest BCUT2D eigenvalue weighted by atomic mass is 79.9. The number of hydrogen-bond acceptors (Lipinski definition) is 3. The number of ether oxygens (including phenoxy) is 1. The van der Waals surface area contributed by atoms with Gasteiger partial charge in [0.25, 0.3) is 0 Å². The SMILES string of the molecule is CCOC(=O)C(F)(F)C(O)c1ccc(Br)c(F)c1. The van der Waals surface area contributed by atoms with Crippen LogP contribution in [0.5, 0.6) is 0 Å². The molecule has 0 heterocycles. The number of rotatable bonds is 4. The minimum Gasteiger partial charge on any atom is -0.461 e. The molecule has 0 aliphatic rings. The maximum absolute atomic E-state index is 13.5. The highest BCUT2D eigenvalue weighted by Crippen LogP contribution is 2.33. The predicted molar refractivity (Wildman–Crippen MR) is 60.6 cm³/mol. The molecule has 0 aromatic heterocycles. The second kappa shape index (κ2) is 5.71. The topological polar surface area (TPSA) is 46.5 Å². The third-order valence-electron chi connectivity index (χ3n) is 2.15. The fourth-order valence-electron chi connectivity index (χ4n) is 1.23. The molecular weight excluding hydrogens is 317 g/mol. The van der Waals surface area contributed by atoms with Crippen molar-refractivity contribution in [2.24, 2.45) is 0 Å². The van der Waals surface area contributed by atoms with Crippen molar-refractivity contribution in [3.63, 3.8) is 0 Å². The van der Waals surface area contributed by atoms with Gasteiger partial charge in [-0.1, -0.05) is 6.07 Å². The van der Waals surface area contributed by atoms with Gasteiger partial charge in [-0.05, 0) is 40.5 Å². The first kappa shape index (κ1) is 15.0. The molecule has 0 radical (unpaired) electrons. The summed E-state index contributed by atoms with van der Waals surface area (Å²) in [6.45, 7) is 1.12. The van der Waals surface area contributed by atoms with E-state index in [1.165, 1.54) is 6.92 Å². The molecule has 0 saturated carbocycles. The van der Waals surface area contributed by atoms with E-state index in [-0.39, 0.29) is 11.1 Å².